The summed E-state index contributed by atoms with van der Waals surface area (Å²) in [5.41, 5.74) is 3.88. The van der Waals surface area contributed by atoms with E-state index in [0.29, 0.717) is 12.1 Å². The predicted molar refractivity (Wildman–Crippen MR) is 69.5 cm³/mol. The van der Waals surface area contributed by atoms with Crippen molar-refractivity contribution in [3.8, 4) is 0 Å². The Kier molecular flexibility index (Phi) is 2.82. The Balaban J connectivity index is 1.80. The lowest BCUT2D eigenvalue weighted by Gasteiger charge is -2.00. The molecule has 0 radical (unpaired) electrons. The number of rotatable bonds is 3. The number of fused-ring (bicyclic) bond motifs is 1. The number of furan rings is 1. The summed E-state index contributed by atoms with van der Waals surface area (Å²) in [5, 5.41) is 5.56. The highest BCUT2D eigenvalue weighted by atomic mass is 32.1. The molecule has 2 aromatic heterocycles. The first-order chi connectivity index (χ1) is 8.84. The van der Waals surface area contributed by atoms with Crippen LogP contribution in [0.2, 0.25) is 0 Å². The van der Waals surface area contributed by atoms with E-state index in [9.17, 15) is 4.79 Å². The number of carbonyl (C=O) groups excluding carboxylic acids is 1. The summed E-state index contributed by atoms with van der Waals surface area (Å²) in [6.07, 6.45) is 1.49. The monoisotopic (exact) mass is 258 g/mol. The molecule has 0 saturated carbocycles. The van der Waals surface area contributed by atoms with Crippen LogP contribution in [0.3, 0.4) is 0 Å². The van der Waals surface area contributed by atoms with Gasteiger partial charge in [-0.2, -0.15) is 0 Å². The van der Waals surface area contributed by atoms with Crippen LogP contribution in [0.5, 0.6) is 0 Å². The van der Waals surface area contributed by atoms with Gasteiger partial charge in [-0.15, -0.1) is 11.3 Å². The molecular formula is C13H10N2O2S. The minimum absolute atomic E-state index is 0.145. The Bertz CT molecular complexity index is 673. The number of benzene rings is 1. The van der Waals surface area contributed by atoms with E-state index >= 15 is 0 Å². The standard InChI is InChI=1S/C13H10N2O2S/c16-13(14-5-9-7-18-8-15-9)11-6-17-12-4-2-1-3-10(11)12/h1-4,6-8H,5H2,(H,14,16). The molecule has 0 spiro atoms. The van der Waals surface area contributed by atoms with Gasteiger partial charge in [-0.25, -0.2) is 4.98 Å². The largest absolute Gasteiger partial charge is 0.463 e. The maximum absolute atomic E-state index is 12.0. The number of nitrogens with zero attached hydrogens (tertiary/aromatic N) is 1. The van der Waals surface area contributed by atoms with Crippen LogP contribution in [-0.4, -0.2) is 10.9 Å². The van der Waals surface area contributed by atoms with Gasteiger partial charge in [0.25, 0.3) is 5.91 Å². The highest BCUT2D eigenvalue weighted by Gasteiger charge is 2.12. The number of carbonyl (C=O) groups is 1. The quantitative estimate of drug-likeness (QED) is 0.786. The summed E-state index contributed by atoms with van der Waals surface area (Å²) in [6, 6.07) is 7.47. The van der Waals surface area contributed by atoms with Gasteiger partial charge in [0.15, 0.2) is 0 Å². The lowest BCUT2D eigenvalue weighted by atomic mass is 10.1. The maximum atomic E-state index is 12.0. The Morgan fingerprint density at radius 2 is 2.28 bits per heavy atom. The molecule has 0 aliphatic carbocycles. The van der Waals surface area contributed by atoms with Gasteiger partial charge in [0.1, 0.15) is 11.8 Å². The van der Waals surface area contributed by atoms with E-state index in [-0.39, 0.29) is 5.91 Å². The second-order valence-corrected chi connectivity index (χ2v) is 4.53. The second-order valence-electron chi connectivity index (χ2n) is 3.81. The first-order valence-electron chi connectivity index (χ1n) is 5.46. The number of thiazole rings is 1. The van der Waals surface area contributed by atoms with Gasteiger partial charge in [0, 0.05) is 10.8 Å². The van der Waals surface area contributed by atoms with Crippen LogP contribution < -0.4 is 5.32 Å². The van der Waals surface area contributed by atoms with Crippen molar-refractivity contribution in [1.82, 2.24) is 10.3 Å². The first kappa shape index (κ1) is 11.0. The van der Waals surface area contributed by atoms with Crippen molar-refractivity contribution in [3.63, 3.8) is 0 Å². The summed E-state index contributed by atoms with van der Waals surface area (Å²) >= 11 is 1.51. The molecule has 2 heterocycles. The zero-order chi connectivity index (χ0) is 12.4. The van der Waals surface area contributed by atoms with Crippen molar-refractivity contribution in [3.05, 3.63) is 52.7 Å². The highest BCUT2D eigenvalue weighted by Crippen LogP contribution is 2.20. The van der Waals surface area contributed by atoms with Crippen LogP contribution in [0.1, 0.15) is 16.1 Å². The Morgan fingerprint density at radius 1 is 1.39 bits per heavy atom. The van der Waals surface area contributed by atoms with Crippen molar-refractivity contribution in [1.29, 1.82) is 0 Å². The smallest absolute Gasteiger partial charge is 0.255 e. The van der Waals surface area contributed by atoms with Crippen LogP contribution in [0.25, 0.3) is 11.0 Å². The molecule has 0 unspecified atom stereocenters. The van der Waals surface area contributed by atoms with E-state index in [1.54, 1.807) is 5.51 Å². The number of aromatic nitrogens is 1. The Labute approximate surface area is 107 Å². The molecule has 0 atom stereocenters. The third-order valence-electron chi connectivity index (χ3n) is 2.64. The minimum Gasteiger partial charge on any atom is -0.463 e. The molecule has 0 aliphatic heterocycles. The normalized spacial score (nSPS) is 10.7. The topological polar surface area (TPSA) is 55.1 Å². The zero-order valence-corrected chi connectivity index (χ0v) is 10.2. The average molecular weight is 258 g/mol. The molecule has 1 N–H and O–H groups in total. The maximum Gasteiger partial charge on any atom is 0.255 e. The Morgan fingerprint density at radius 3 is 3.11 bits per heavy atom. The highest BCUT2D eigenvalue weighted by molar-refractivity contribution is 7.07. The van der Waals surface area contributed by atoms with Crippen LogP contribution in [-0.2, 0) is 6.54 Å². The van der Waals surface area contributed by atoms with Crippen LogP contribution in [0.4, 0.5) is 0 Å². The van der Waals surface area contributed by atoms with E-state index < -0.39 is 0 Å². The van der Waals surface area contributed by atoms with E-state index in [1.807, 2.05) is 29.6 Å². The van der Waals surface area contributed by atoms with E-state index in [2.05, 4.69) is 10.3 Å². The van der Waals surface area contributed by atoms with Gasteiger partial charge < -0.3 is 9.73 Å². The fourth-order valence-corrected chi connectivity index (χ4v) is 2.30. The van der Waals surface area contributed by atoms with E-state index in [1.165, 1.54) is 17.6 Å². The van der Waals surface area contributed by atoms with Crippen LogP contribution in [0, 0.1) is 0 Å². The number of hydrogen-bond acceptors (Lipinski definition) is 4. The van der Waals surface area contributed by atoms with Crippen molar-refractivity contribution < 1.29 is 9.21 Å². The molecule has 0 saturated heterocycles. The second kappa shape index (κ2) is 4.62. The van der Waals surface area contributed by atoms with Gasteiger partial charge in [-0.1, -0.05) is 18.2 Å². The predicted octanol–water partition coefficient (Wildman–Crippen LogP) is 2.82. The van der Waals surface area contributed by atoms with Crippen LogP contribution >= 0.6 is 11.3 Å². The van der Waals surface area contributed by atoms with E-state index in [4.69, 9.17) is 4.42 Å². The van der Waals surface area contributed by atoms with Crippen LogP contribution in [0.15, 0.2) is 45.8 Å². The van der Waals surface area contributed by atoms with Gasteiger partial charge in [-0.3, -0.25) is 4.79 Å². The molecule has 3 rings (SSSR count). The molecule has 1 aromatic carbocycles. The summed E-state index contributed by atoms with van der Waals surface area (Å²) in [6.45, 7) is 0.432. The number of hydrogen-bond donors (Lipinski definition) is 1. The minimum atomic E-state index is -0.145. The first-order valence-corrected chi connectivity index (χ1v) is 6.40. The van der Waals surface area contributed by atoms with Gasteiger partial charge in [-0.05, 0) is 6.07 Å². The van der Waals surface area contributed by atoms with Gasteiger partial charge in [0.05, 0.1) is 23.3 Å². The van der Waals surface area contributed by atoms with E-state index in [0.717, 1.165) is 16.7 Å². The Hall–Kier alpha value is -2.14. The average Bonchev–Trinajstić information content (AvgIpc) is 3.05. The fourth-order valence-electron chi connectivity index (χ4n) is 1.74. The number of para-hydroxylation sites is 1. The fraction of sp³-hybridized carbons (Fsp3) is 0.0769. The molecule has 5 heteroatoms. The van der Waals surface area contributed by atoms with Gasteiger partial charge >= 0.3 is 0 Å². The molecule has 0 bridgehead atoms. The number of nitrogens with one attached hydrogen (secondary N) is 1. The van der Waals surface area contributed by atoms with Crippen molar-refractivity contribution >= 4 is 28.2 Å². The van der Waals surface area contributed by atoms with Crippen molar-refractivity contribution in [2.24, 2.45) is 0 Å². The molecule has 0 aliphatic rings. The summed E-state index contributed by atoms with van der Waals surface area (Å²) in [5.74, 6) is -0.145. The third kappa shape index (κ3) is 2.00. The number of amides is 1. The molecule has 3 aromatic rings. The molecular weight excluding hydrogens is 248 g/mol. The molecule has 1 amide bonds. The van der Waals surface area contributed by atoms with Crippen molar-refractivity contribution in [2.45, 2.75) is 6.54 Å². The molecule has 18 heavy (non-hydrogen) atoms. The molecule has 90 valence electrons. The SMILES string of the molecule is O=C(NCc1cscn1)c1coc2ccccc12. The lowest BCUT2D eigenvalue weighted by molar-refractivity contribution is 0.0951. The summed E-state index contributed by atoms with van der Waals surface area (Å²) in [7, 11) is 0. The zero-order valence-electron chi connectivity index (χ0n) is 9.42. The third-order valence-corrected chi connectivity index (χ3v) is 3.27. The summed E-state index contributed by atoms with van der Waals surface area (Å²) in [4.78, 5) is 16.1. The lowest BCUT2D eigenvalue weighted by Crippen LogP contribution is -2.22. The molecule has 0 fully saturated rings. The van der Waals surface area contributed by atoms with Gasteiger partial charge in [0.2, 0.25) is 0 Å². The molecule has 4 nitrogen and oxygen atoms in total. The summed E-state index contributed by atoms with van der Waals surface area (Å²) < 4.78 is 5.33. The van der Waals surface area contributed by atoms with Crippen molar-refractivity contribution in [2.75, 3.05) is 0 Å².